The molecule has 0 saturated carbocycles. The van der Waals surface area contributed by atoms with Crippen molar-refractivity contribution < 1.29 is 14.5 Å². The number of amides is 1. The monoisotopic (exact) mass is 378 g/mol. The van der Waals surface area contributed by atoms with Crippen LogP contribution in [0.4, 0.5) is 5.69 Å². The van der Waals surface area contributed by atoms with Crippen LogP contribution in [0, 0.1) is 24.0 Å². The Morgan fingerprint density at radius 2 is 1.82 bits per heavy atom. The van der Waals surface area contributed by atoms with E-state index in [1.165, 1.54) is 6.07 Å². The number of hydrogen-bond acceptors (Lipinski definition) is 4. The Morgan fingerprint density at radius 1 is 1.11 bits per heavy atom. The lowest BCUT2D eigenvalue weighted by Crippen LogP contribution is -2.31. The Labute approximate surface area is 163 Å². The smallest absolute Gasteiger partial charge is 0.311 e. The number of nitro benzene ring substituents is 1. The van der Waals surface area contributed by atoms with Crippen molar-refractivity contribution in [3.8, 4) is 5.75 Å². The van der Waals surface area contributed by atoms with Crippen LogP contribution in [0.15, 0.2) is 54.6 Å². The normalized spacial score (nSPS) is 11.8. The minimum Gasteiger partial charge on any atom is -0.477 e. The van der Waals surface area contributed by atoms with Gasteiger partial charge in [0, 0.05) is 6.07 Å². The van der Waals surface area contributed by atoms with Gasteiger partial charge in [0.1, 0.15) is 0 Å². The maximum absolute atomic E-state index is 12.3. The summed E-state index contributed by atoms with van der Waals surface area (Å²) >= 11 is 0. The first-order valence-electron chi connectivity index (χ1n) is 9.01. The van der Waals surface area contributed by atoms with E-state index < -0.39 is 4.92 Å². The summed E-state index contributed by atoms with van der Waals surface area (Å²) in [5, 5.41) is 16.4. The number of nitrogens with zero attached hydrogens (tertiary/aromatic N) is 1. The van der Waals surface area contributed by atoms with Gasteiger partial charge in [-0.1, -0.05) is 42.5 Å². The van der Waals surface area contributed by atoms with Gasteiger partial charge in [-0.2, -0.15) is 0 Å². The van der Waals surface area contributed by atoms with Gasteiger partial charge in [-0.3, -0.25) is 14.9 Å². The highest BCUT2D eigenvalue weighted by Crippen LogP contribution is 2.32. The fourth-order valence-corrected chi connectivity index (χ4v) is 3.24. The molecule has 0 spiro atoms. The number of nitrogens with one attached hydrogen (secondary N) is 1. The number of nitro groups is 1. The number of carbonyl (C=O) groups is 1. The molecular weight excluding hydrogens is 356 g/mol. The molecule has 28 heavy (non-hydrogen) atoms. The van der Waals surface area contributed by atoms with Crippen LogP contribution in [-0.4, -0.2) is 17.4 Å². The molecule has 0 aromatic heterocycles. The molecule has 0 aliphatic carbocycles. The maximum Gasteiger partial charge on any atom is 0.311 e. The number of ether oxygens (including phenoxy) is 1. The van der Waals surface area contributed by atoms with Gasteiger partial charge in [-0.05, 0) is 54.3 Å². The molecule has 6 heteroatoms. The van der Waals surface area contributed by atoms with Gasteiger partial charge in [0.25, 0.3) is 5.91 Å². The van der Waals surface area contributed by atoms with Crippen molar-refractivity contribution in [1.82, 2.24) is 5.32 Å². The third-order valence-electron chi connectivity index (χ3n) is 4.59. The highest BCUT2D eigenvalue weighted by molar-refractivity contribution is 5.83. The zero-order valence-corrected chi connectivity index (χ0v) is 16.1. The molecule has 0 radical (unpaired) electrons. The number of benzene rings is 3. The molecule has 6 nitrogen and oxygen atoms in total. The summed E-state index contributed by atoms with van der Waals surface area (Å²) < 4.78 is 5.50. The van der Waals surface area contributed by atoms with E-state index in [4.69, 9.17) is 4.74 Å². The van der Waals surface area contributed by atoms with Gasteiger partial charge in [0.2, 0.25) is 5.75 Å². The first kappa shape index (κ1) is 19.4. The van der Waals surface area contributed by atoms with E-state index in [0.29, 0.717) is 5.56 Å². The third kappa shape index (κ3) is 4.28. The largest absolute Gasteiger partial charge is 0.477 e. The van der Waals surface area contributed by atoms with Crippen LogP contribution in [0.1, 0.15) is 29.7 Å². The second-order valence-electron chi connectivity index (χ2n) is 6.87. The lowest BCUT2D eigenvalue weighted by Gasteiger charge is -2.16. The molecule has 144 valence electrons. The van der Waals surface area contributed by atoms with Gasteiger partial charge >= 0.3 is 5.69 Å². The lowest BCUT2D eigenvalue weighted by atomic mass is 10.0. The van der Waals surface area contributed by atoms with E-state index in [-0.39, 0.29) is 30.0 Å². The van der Waals surface area contributed by atoms with E-state index >= 15 is 0 Å². The van der Waals surface area contributed by atoms with Crippen molar-refractivity contribution in [2.24, 2.45) is 0 Å². The average molecular weight is 378 g/mol. The SMILES string of the molecule is Cc1cc(C)c(OCC(=O)NC(C)c2ccc3ccccc3c2)c([N+](=O)[O-])c1. The van der Waals surface area contributed by atoms with Gasteiger partial charge in [-0.25, -0.2) is 0 Å². The summed E-state index contributed by atoms with van der Waals surface area (Å²) in [4.78, 5) is 23.1. The van der Waals surface area contributed by atoms with Crippen molar-refractivity contribution >= 4 is 22.4 Å². The van der Waals surface area contributed by atoms with E-state index in [2.05, 4.69) is 5.32 Å². The maximum atomic E-state index is 12.3. The minimum atomic E-state index is -0.495. The van der Waals surface area contributed by atoms with Crippen LogP contribution < -0.4 is 10.1 Å². The standard InChI is InChI=1S/C22H22N2O4/c1-14-10-15(2)22(20(11-14)24(26)27)28-13-21(25)23-16(3)18-9-8-17-6-4-5-7-19(17)12-18/h4-12,16H,13H2,1-3H3,(H,23,25). The summed E-state index contributed by atoms with van der Waals surface area (Å²) in [6, 6.07) is 17.1. The van der Waals surface area contributed by atoms with E-state index in [1.807, 2.05) is 49.4 Å². The van der Waals surface area contributed by atoms with E-state index in [9.17, 15) is 14.9 Å². The summed E-state index contributed by atoms with van der Waals surface area (Å²) in [6.45, 7) is 5.11. The topological polar surface area (TPSA) is 81.5 Å². The summed E-state index contributed by atoms with van der Waals surface area (Å²) in [7, 11) is 0. The fraction of sp³-hybridized carbons (Fsp3) is 0.227. The van der Waals surface area contributed by atoms with Crippen LogP contribution >= 0.6 is 0 Å². The zero-order chi connectivity index (χ0) is 20.3. The molecular formula is C22H22N2O4. The Kier molecular flexibility index (Phi) is 5.59. The molecule has 1 atom stereocenters. The Hall–Kier alpha value is -3.41. The van der Waals surface area contributed by atoms with Gasteiger partial charge < -0.3 is 10.1 Å². The van der Waals surface area contributed by atoms with Gasteiger partial charge in [-0.15, -0.1) is 0 Å². The Balaban J connectivity index is 1.68. The lowest BCUT2D eigenvalue weighted by molar-refractivity contribution is -0.385. The average Bonchev–Trinajstić information content (AvgIpc) is 2.66. The second-order valence-corrected chi connectivity index (χ2v) is 6.87. The van der Waals surface area contributed by atoms with Crippen molar-refractivity contribution in [2.45, 2.75) is 26.8 Å². The number of aryl methyl sites for hydroxylation is 2. The Bertz CT molecular complexity index is 1050. The number of fused-ring (bicyclic) bond motifs is 1. The molecule has 0 bridgehead atoms. The second kappa shape index (κ2) is 8.08. The minimum absolute atomic E-state index is 0.129. The number of carbonyl (C=O) groups excluding carboxylic acids is 1. The predicted molar refractivity (Wildman–Crippen MR) is 109 cm³/mol. The van der Waals surface area contributed by atoms with Crippen molar-refractivity contribution in [3.05, 3.63) is 81.4 Å². The van der Waals surface area contributed by atoms with Crippen LogP contribution in [0.3, 0.4) is 0 Å². The Morgan fingerprint density at radius 3 is 2.54 bits per heavy atom. The molecule has 0 aliphatic rings. The first-order valence-corrected chi connectivity index (χ1v) is 9.01. The molecule has 1 unspecified atom stereocenters. The quantitative estimate of drug-likeness (QED) is 0.501. The first-order chi connectivity index (χ1) is 13.3. The third-order valence-corrected chi connectivity index (χ3v) is 4.59. The van der Waals surface area contributed by atoms with Crippen LogP contribution in [0.2, 0.25) is 0 Å². The summed E-state index contributed by atoms with van der Waals surface area (Å²) in [5.74, 6) is -0.209. The van der Waals surface area contributed by atoms with Crippen LogP contribution in [0.5, 0.6) is 5.75 Å². The van der Waals surface area contributed by atoms with Crippen LogP contribution in [0.25, 0.3) is 10.8 Å². The summed E-state index contributed by atoms with van der Waals surface area (Å²) in [5.41, 5.74) is 2.24. The number of rotatable bonds is 6. The molecule has 1 N–H and O–H groups in total. The molecule has 0 heterocycles. The molecule has 0 saturated heterocycles. The van der Waals surface area contributed by atoms with E-state index in [0.717, 1.165) is 21.9 Å². The van der Waals surface area contributed by atoms with Crippen molar-refractivity contribution in [1.29, 1.82) is 0 Å². The molecule has 3 rings (SSSR count). The highest BCUT2D eigenvalue weighted by atomic mass is 16.6. The van der Waals surface area contributed by atoms with Gasteiger partial charge in [0.15, 0.2) is 6.61 Å². The summed E-state index contributed by atoms with van der Waals surface area (Å²) in [6.07, 6.45) is 0. The van der Waals surface area contributed by atoms with Gasteiger partial charge in [0.05, 0.1) is 11.0 Å². The van der Waals surface area contributed by atoms with Crippen molar-refractivity contribution in [2.75, 3.05) is 6.61 Å². The molecule has 3 aromatic carbocycles. The molecule has 1 amide bonds. The van der Waals surface area contributed by atoms with E-state index in [1.54, 1.807) is 19.9 Å². The zero-order valence-electron chi connectivity index (χ0n) is 16.1. The molecule has 0 aliphatic heterocycles. The number of hydrogen-bond donors (Lipinski definition) is 1. The van der Waals surface area contributed by atoms with Crippen LogP contribution in [-0.2, 0) is 4.79 Å². The highest BCUT2D eigenvalue weighted by Gasteiger charge is 2.20. The fourth-order valence-electron chi connectivity index (χ4n) is 3.24. The molecule has 3 aromatic rings. The molecule has 0 fully saturated rings. The van der Waals surface area contributed by atoms with Crippen molar-refractivity contribution in [3.63, 3.8) is 0 Å². The predicted octanol–water partition coefficient (Wildman–Crippen LogP) is 4.62.